The lowest BCUT2D eigenvalue weighted by atomic mass is 9.98. The zero-order valence-corrected chi connectivity index (χ0v) is 16.2. The second-order valence-corrected chi connectivity index (χ2v) is 6.39. The van der Waals surface area contributed by atoms with Gasteiger partial charge in [0.05, 0.1) is 32.2 Å². The summed E-state index contributed by atoms with van der Waals surface area (Å²) in [4.78, 5) is 21.0. The predicted octanol–water partition coefficient (Wildman–Crippen LogP) is 3.52. The van der Waals surface area contributed by atoms with E-state index in [0.29, 0.717) is 12.1 Å². The fourth-order valence-corrected chi connectivity index (χ4v) is 2.83. The molecule has 1 unspecified atom stereocenters. The highest BCUT2D eigenvalue weighted by molar-refractivity contribution is 5.92. The molecular weight excluding hydrogens is 354 g/mol. The molecule has 0 saturated heterocycles. The summed E-state index contributed by atoms with van der Waals surface area (Å²) in [5.41, 5.74) is 3.11. The number of aryl methyl sites for hydroxylation is 1. The standard InChI is InChI=1S/C22H23N3O3/c1-15-13-24-21(14-23-15)22(26)25-20(17-6-10-19(28-3)11-7-17)12-16-4-8-18(27-2)9-5-16/h4-11,13-14,20H,12H2,1-3H3,(H,25,26). The zero-order chi connectivity index (χ0) is 19.9. The molecule has 3 aromatic rings. The predicted molar refractivity (Wildman–Crippen MR) is 107 cm³/mol. The minimum Gasteiger partial charge on any atom is -0.497 e. The average Bonchev–Trinajstić information content (AvgIpc) is 2.74. The lowest BCUT2D eigenvalue weighted by molar-refractivity contribution is 0.0931. The Balaban J connectivity index is 1.83. The lowest BCUT2D eigenvalue weighted by Crippen LogP contribution is -2.30. The van der Waals surface area contributed by atoms with Crippen molar-refractivity contribution in [2.75, 3.05) is 14.2 Å². The molecule has 0 aliphatic heterocycles. The second-order valence-electron chi connectivity index (χ2n) is 6.39. The molecule has 3 rings (SSSR count). The highest BCUT2D eigenvalue weighted by Gasteiger charge is 2.18. The van der Waals surface area contributed by atoms with Gasteiger partial charge in [0.25, 0.3) is 5.91 Å². The van der Waals surface area contributed by atoms with E-state index in [1.54, 1.807) is 20.4 Å². The molecule has 0 aliphatic carbocycles. The Morgan fingerprint density at radius 2 is 1.54 bits per heavy atom. The number of benzene rings is 2. The molecule has 2 aromatic carbocycles. The minimum atomic E-state index is -0.262. The van der Waals surface area contributed by atoms with E-state index in [4.69, 9.17) is 9.47 Å². The summed E-state index contributed by atoms with van der Waals surface area (Å²) in [5, 5.41) is 3.07. The number of amides is 1. The monoisotopic (exact) mass is 377 g/mol. The summed E-state index contributed by atoms with van der Waals surface area (Å²) < 4.78 is 10.5. The first-order valence-corrected chi connectivity index (χ1v) is 8.95. The van der Waals surface area contributed by atoms with Crippen molar-refractivity contribution in [2.45, 2.75) is 19.4 Å². The summed E-state index contributed by atoms with van der Waals surface area (Å²) >= 11 is 0. The van der Waals surface area contributed by atoms with Crippen LogP contribution in [0.25, 0.3) is 0 Å². The van der Waals surface area contributed by atoms with Crippen LogP contribution < -0.4 is 14.8 Å². The molecule has 1 heterocycles. The van der Waals surface area contributed by atoms with Gasteiger partial charge in [0, 0.05) is 6.20 Å². The second kappa shape index (κ2) is 8.99. The van der Waals surface area contributed by atoms with Crippen molar-refractivity contribution in [1.82, 2.24) is 15.3 Å². The number of ether oxygens (including phenoxy) is 2. The third-order valence-electron chi connectivity index (χ3n) is 4.44. The van der Waals surface area contributed by atoms with Gasteiger partial charge in [0.1, 0.15) is 17.2 Å². The van der Waals surface area contributed by atoms with E-state index in [-0.39, 0.29) is 11.9 Å². The van der Waals surface area contributed by atoms with Crippen LogP contribution in [-0.4, -0.2) is 30.1 Å². The summed E-state index contributed by atoms with van der Waals surface area (Å²) in [6, 6.07) is 15.3. The van der Waals surface area contributed by atoms with Crippen LogP contribution in [0.1, 0.15) is 33.4 Å². The number of rotatable bonds is 7. The van der Waals surface area contributed by atoms with Crippen LogP contribution in [0.15, 0.2) is 60.9 Å². The third kappa shape index (κ3) is 4.85. The van der Waals surface area contributed by atoms with E-state index in [2.05, 4.69) is 15.3 Å². The highest BCUT2D eigenvalue weighted by Crippen LogP contribution is 2.23. The van der Waals surface area contributed by atoms with Gasteiger partial charge in [-0.05, 0) is 48.7 Å². The van der Waals surface area contributed by atoms with Gasteiger partial charge in [-0.2, -0.15) is 0 Å². The quantitative estimate of drug-likeness (QED) is 0.682. The van der Waals surface area contributed by atoms with Crippen molar-refractivity contribution in [3.8, 4) is 11.5 Å². The van der Waals surface area contributed by atoms with Crippen LogP contribution >= 0.6 is 0 Å². The molecule has 0 spiro atoms. The van der Waals surface area contributed by atoms with Crippen LogP contribution in [0.5, 0.6) is 11.5 Å². The first kappa shape index (κ1) is 19.4. The molecule has 0 bridgehead atoms. The topological polar surface area (TPSA) is 73.3 Å². The van der Waals surface area contributed by atoms with E-state index in [1.165, 1.54) is 6.20 Å². The number of hydrogen-bond donors (Lipinski definition) is 1. The van der Waals surface area contributed by atoms with Gasteiger partial charge in [-0.25, -0.2) is 4.98 Å². The molecule has 144 valence electrons. The van der Waals surface area contributed by atoms with E-state index < -0.39 is 0 Å². The van der Waals surface area contributed by atoms with E-state index in [0.717, 1.165) is 28.3 Å². The SMILES string of the molecule is COc1ccc(CC(NC(=O)c2cnc(C)cn2)c2ccc(OC)cc2)cc1. The summed E-state index contributed by atoms with van der Waals surface area (Å²) in [5.74, 6) is 1.30. The van der Waals surface area contributed by atoms with Gasteiger partial charge in [0.15, 0.2) is 0 Å². The summed E-state index contributed by atoms with van der Waals surface area (Å²) in [6.07, 6.45) is 3.70. The molecule has 6 heteroatoms. The Morgan fingerprint density at radius 3 is 2.07 bits per heavy atom. The van der Waals surface area contributed by atoms with E-state index in [9.17, 15) is 4.79 Å². The smallest absolute Gasteiger partial charge is 0.271 e. The van der Waals surface area contributed by atoms with Crippen molar-refractivity contribution in [1.29, 1.82) is 0 Å². The minimum absolute atomic E-state index is 0.227. The van der Waals surface area contributed by atoms with Crippen molar-refractivity contribution < 1.29 is 14.3 Å². The molecule has 28 heavy (non-hydrogen) atoms. The van der Waals surface area contributed by atoms with Crippen LogP contribution in [0, 0.1) is 6.92 Å². The lowest BCUT2D eigenvalue weighted by Gasteiger charge is -2.20. The number of carbonyl (C=O) groups is 1. The molecule has 1 aromatic heterocycles. The molecule has 1 N–H and O–H groups in total. The fourth-order valence-electron chi connectivity index (χ4n) is 2.83. The van der Waals surface area contributed by atoms with Gasteiger partial charge >= 0.3 is 0 Å². The first-order chi connectivity index (χ1) is 13.6. The Bertz CT molecular complexity index is 907. The molecule has 0 aliphatic rings. The van der Waals surface area contributed by atoms with Crippen LogP contribution in [0.4, 0.5) is 0 Å². The van der Waals surface area contributed by atoms with Crippen molar-refractivity contribution in [2.24, 2.45) is 0 Å². The Kier molecular flexibility index (Phi) is 6.22. The van der Waals surface area contributed by atoms with Gasteiger partial charge in [-0.3, -0.25) is 9.78 Å². The molecule has 0 fully saturated rings. The number of nitrogens with one attached hydrogen (secondary N) is 1. The van der Waals surface area contributed by atoms with Gasteiger partial charge < -0.3 is 14.8 Å². The normalized spacial score (nSPS) is 11.5. The average molecular weight is 377 g/mol. The van der Waals surface area contributed by atoms with Gasteiger partial charge in [0.2, 0.25) is 0 Å². The maximum absolute atomic E-state index is 12.7. The first-order valence-electron chi connectivity index (χ1n) is 8.95. The molecule has 1 amide bonds. The van der Waals surface area contributed by atoms with Gasteiger partial charge in [-0.15, -0.1) is 0 Å². The highest BCUT2D eigenvalue weighted by atomic mass is 16.5. The Labute approximate surface area is 164 Å². The Morgan fingerprint density at radius 1 is 0.929 bits per heavy atom. The maximum atomic E-state index is 12.7. The van der Waals surface area contributed by atoms with Crippen molar-refractivity contribution >= 4 is 5.91 Å². The van der Waals surface area contributed by atoms with Crippen molar-refractivity contribution in [3.63, 3.8) is 0 Å². The third-order valence-corrected chi connectivity index (χ3v) is 4.44. The number of methoxy groups -OCH3 is 2. The van der Waals surface area contributed by atoms with Gasteiger partial charge in [-0.1, -0.05) is 24.3 Å². The molecule has 0 radical (unpaired) electrons. The van der Waals surface area contributed by atoms with Crippen LogP contribution in [0.2, 0.25) is 0 Å². The molecule has 1 atom stereocenters. The number of carbonyl (C=O) groups excluding carboxylic acids is 1. The molecule has 0 saturated carbocycles. The Hall–Kier alpha value is -3.41. The van der Waals surface area contributed by atoms with E-state index >= 15 is 0 Å². The molecule has 6 nitrogen and oxygen atoms in total. The zero-order valence-electron chi connectivity index (χ0n) is 16.2. The maximum Gasteiger partial charge on any atom is 0.271 e. The van der Waals surface area contributed by atoms with Crippen molar-refractivity contribution in [3.05, 3.63) is 83.4 Å². The summed E-state index contributed by atoms with van der Waals surface area (Å²) in [6.45, 7) is 1.83. The fraction of sp³-hybridized carbons (Fsp3) is 0.227. The number of nitrogens with zero attached hydrogens (tertiary/aromatic N) is 2. The summed E-state index contributed by atoms with van der Waals surface area (Å²) in [7, 11) is 3.26. The number of aromatic nitrogens is 2. The van der Waals surface area contributed by atoms with E-state index in [1.807, 2.05) is 55.5 Å². The van der Waals surface area contributed by atoms with Crippen LogP contribution in [0.3, 0.4) is 0 Å². The molecular formula is C22H23N3O3. The number of hydrogen-bond acceptors (Lipinski definition) is 5. The van der Waals surface area contributed by atoms with Crippen LogP contribution in [-0.2, 0) is 6.42 Å². The largest absolute Gasteiger partial charge is 0.497 e.